The standard InChI is InChI=1S/C10H20N2O5/c1-2-16-3-4-17-6-8(11)7(10(14)15)5-9(12)13/h7-8H,2-6,11H2,1H3,(H2,12,13)(H,14,15). The molecule has 0 bridgehead atoms. The first kappa shape index (κ1) is 15.8. The average Bonchev–Trinajstić information content (AvgIpc) is 2.24. The first-order chi connectivity index (χ1) is 7.99. The van der Waals surface area contributed by atoms with E-state index in [0.29, 0.717) is 19.8 Å². The van der Waals surface area contributed by atoms with Gasteiger partial charge in [0, 0.05) is 19.1 Å². The van der Waals surface area contributed by atoms with Gasteiger partial charge in [-0.05, 0) is 6.92 Å². The van der Waals surface area contributed by atoms with Crippen molar-refractivity contribution in [1.82, 2.24) is 0 Å². The molecule has 0 spiro atoms. The monoisotopic (exact) mass is 248 g/mol. The van der Waals surface area contributed by atoms with Crippen LogP contribution in [-0.4, -0.2) is 49.5 Å². The third-order valence-electron chi connectivity index (χ3n) is 2.14. The van der Waals surface area contributed by atoms with Gasteiger partial charge >= 0.3 is 5.97 Å². The number of nitrogens with two attached hydrogens (primary N) is 2. The van der Waals surface area contributed by atoms with E-state index in [9.17, 15) is 9.59 Å². The second-order valence-electron chi connectivity index (χ2n) is 3.55. The molecule has 0 aromatic carbocycles. The number of amides is 1. The molecule has 0 aliphatic heterocycles. The Morgan fingerprint density at radius 1 is 1.29 bits per heavy atom. The maximum Gasteiger partial charge on any atom is 0.308 e. The van der Waals surface area contributed by atoms with Gasteiger partial charge in [-0.1, -0.05) is 0 Å². The summed E-state index contributed by atoms with van der Waals surface area (Å²) in [5, 5.41) is 8.87. The van der Waals surface area contributed by atoms with Crippen molar-refractivity contribution >= 4 is 11.9 Å². The highest BCUT2D eigenvalue weighted by atomic mass is 16.5. The molecule has 1 amide bonds. The molecule has 0 saturated heterocycles. The summed E-state index contributed by atoms with van der Waals surface area (Å²) in [4.78, 5) is 21.5. The molecule has 0 aliphatic rings. The predicted molar refractivity (Wildman–Crippen MR) is 60.2 cm³/mol. The summed E-state index contributed by atoms with van der Waals surface area (Å²) in [6, 6.07) is -0.762. The quantitative estimate of drug-likeness (QED) is 0.423. The van der Waals surface area contributed by atoms with E-state index >= 15 is 0 Å². The molecule has 100 valence electrons. The van der Waals surface area contributed by atoms with Crippen LogP contribution in [-0.2, 0) is 19.1 Å². The van der Waals surface area contributed by atoms with Crippen LogP contribution in [0.25, 0.3) is 0 Å². The van der Waals surface area contributed by atoms with Crippen LogP contribution in [0, 0.1) is 5.92 Å². The van der Waals surface area contributed by atoms with E-state index in [1.54, 1.807) is 0 Å². The van der Waals surface area contributed by atoms with Crippen molar-refractivity contribution in [3.8, 4) is 0 Å². The highest BCUT2D eigenvalue weighted by Gasteiger charge is 2.27. The maximum atomic E-state index is 10.8. The van der Waals surface area contributed by atoms with Gasteiger partial charge in [0.2, 0.25) is 5.91 Å². The number of rotatable bonds is 10. The smallest absolute Gasteiger partial charge is 0.308 e. The lowest BCUT2D eigenvalue weighted by Gasteiger charge is -2.18. The molecule has 2 unspecified atom stereocenters. The number of hydrogen-bond donors (Lipinski definition) is 3. The van der Waals surface area contributed by atoms with E-state index in [0.717, 1.165) is 0 Å². The Bertz CT molecular complexity index is 247. The molecule has 0 radical (unpaired) electrons. The summed E-state index contributed by atoms with van der Waals surface area (Å²) >= 11 is 0. The predicted octanol–water partition coefficient (Wildman–Crippen LogP) is -1.06. The highest BCUT2D eigenvalue weighted by Crippen LogP contribution is 2.08. The number of carbonyl (C=O) groups is 2. The van der Waals surface area contributed by atoms with Gasteiger partial charge in [-0.3, -0.25) is 9.59 Å². The lowest BCUT2D eigenvalue weighted by Crippen LogP contribution is -2.41. The molecule has 0 aromatic rings. The molecular weight excluding hydrogens is 228 g/mol. The molecule has 0 aromatic heterocycles. The number of carbonyl (C=O) groups excluding carboxylic acids is 1. The summed E-state index contributed by atoms with van der Waals surface area (Å²) in [6.45, 7) is 3.27. The zero-order valence-corrected chi connectivity index (χ0v) is 9.93. The fourth-order valence-corrected chi connectivity index (χ4v) is 1.24. The fraction of sp³-hybridized carbons (Fsp3) is 0.800. The Hall–Kier alpha value is -1.18. The Labute approximate surface area is 100 Å². The summed E-state index contributed by atoms with van der Waals surface area (Å²) in [5.41, 5.74) is 10.6. The van der Waals surface area contributed by atoms with Crippen LogP contribution >= 0.6 is 0 Å². The average molecular weight is 248 g/mol. The van der Waals surface area contributed by atoms with E-state index in [-0.39, 0.29) is 13.0 Å². The van der Waals surface area contributed by atoms with Crippen LogP contribution in [0.4, 0.5) is 0 Å². The minimum Gasteiger partial charge on any atom is -0.481 e. The van der Waals surface area contributed by atoms with E-state index in [1.165, 1.54) is 0 Å². The Kier molecular flexibility index (Phi) is 8.29. The third-order valence-corrected chi connectivity index (χ3v) is 2.14. The summed E-state index contributed by atoms with van der Waals surface area (Å²) in [5.74, 6) is -2.86. The van der Waals surface area contributed by atoms with Crippen molar-refractivity contribution < 1.29 is 24.2 Å². The van der Waals surface area contributed by atoms with Crippen LogP contribution < -0.4 is 11.5 Å². The number of carboxylic acids is 1. The molecule has 0 fully saturated rings. The van der Waals surface area contributed by atoms with Crippen LogP contribution in [0.1, 0.15) is 13.3 Å². The lowest BCUT2D eigenvalue weighted by atomic mass is 9.97. The van der Waals surface area contributed by atoms with E-state index in [1.807, 2.05) is 6.92 Å². The van der Waals surface area contributed by atoms with Crippen LogP contribution in [0.5, 0.6) is 0 Å². The van der Waals surface area contributed by atoms with E-state index in [4.69, 9.17) is 26.0 Å². The van der Waals surface area contributed by atoms with Crippen LogP contribution in [0.15, 0.2) is 0 Å². The number of hydrogen-bond acceptors (Lipinski definition) is 5. The Morgan fingerprint density at radius 3 is 2.35 bits per heavy atom. The molecule has 7 heteroatoms. The van der Waals surface area contributed by atoms with Gasteiger partial charge < -0.3 is 26.0 Å². The second kappa shape index (κ2) is 8.91. The minimum absolute atomic E-state index is 0.0529. The lowest BCUT2D eigenvalue weighted by molar-refractivity contribution is -0.145. The van der Waals surface area contributed by atoms with Crippen molar-refractivity contribution in [1.29, 1.82) is 0 Å². The van der Waals surface area contributed by atoms with Gasteiger partial charge in [0.1, 0.15) is 0 Å². The summed E-state index contributed by atoms with van der Waals surface area (Å²) < 4.78 is 10.2. The van der Waals surface area contributed by atoms with Crippen molar-refractivity contribution in [3.63, 3.8) is 0 Å². The zero-order valence-electron chi connectivity index (χ0n) is 9.93. The Balaban J connectivity index is 3.93. The number of carboxylic acid groups (broad SMARTS) is 1. The topological polar surface area (TPSA) is 125 Å². The first-order valence-electron chi connectivity index (χ1n) is 5.41. The third kappa shape index (κ3) is 7.67. The molecule has 17 heavy (non-hydrogen) atoms. The van der Waals surface area contributed by atoms with Crippen LogP contribution in [0.2, 0.25) is 0 Å². The van der Waals surface area contributed by atoms with Crippen LogP contribution in [0.3, 0.4) is 0 Å². The van der Waals surface area contributed by atoms with Crippen molar-refractivity contribution in [3.05, 3.63) is 0 Å². The number of ether oxygens (including phenoxy) is 2. The normalized spacial score (nSPS) is 14.2. The summed E-state index contributed by atoms with van der Waals surface area (Å²) in [6.07, 6.45) is -0.286. The molecule has 7 nitrogen and oxygen atoms in total. The zero-order chi connectivity index (χ0) is 13.3. The minimum atomic E-state index is -1.15. The van der Waals surface area contributed by atoms with Gasteiger partial charge in [0.25, 0.3) is 0 Å². The molecule has 5 N–H and O–H groups in total. The van der Waals surface area contributed by atoms with Gasteiger partial charge in [-0.2, -0.15) is 0 Å². The molecule has 0 saturated carbocycles. The number of aliphatic carboxylic acids is 1. The molecule has 0 aliphatic carbocycles. The van der Waals surface area contributed by atoms with Gasteiger partial charge in [-0.25, -0.2) is 0 Å². The van der Waals surface area contributed by atoms with Gasteiger partial charge in [-0.15, -0.1) is 0 Å². The van der Waals surface area contributed by atoms with Gasteiger partial charge in [0.15, 0.2) is 0 Å². The SMILES string of the molecule is CCOCCOCC(N)C(CC(N)=O)C(=O)O. The van der Waals surface area contributed by atoms with Gasteiger partial charge in [0.05, 0.1) is 25.7 Å². The first-order valence-corrected chi connectivity index (χ1v) is 5.41. The van der Waals surface area contributed by atoms with Crippen molar-refractivity contribution in [2.24, 2.45) is 17.4 Å². The van der Waals surface area contributed by atoms with E-state index in [2.05, 4.69) is 0 Å². The van der Waals surface area contributed by atoms with Crippen molar-refractivity contribution in [2.45, 2.75) is 19.4 Å². The summed E-state index contributed by atoms with van der Waals surface area (Å²) in [7, 11) is 0. The molecule has 0 rings (SSSR count). The van der Waals surface area contributed by atoms with Crippen molar-refractivity contribution in [2.75, 3.05) is 26.4 Å². The fourth-order valence-electron chi connectivity index (χ4n) is 1.24. The largest absolute Gasteiger partial charge is 0.481 e. The molecular formula is C10H20N2O5. The highest BCUT2D eigenvalue weighted by molar-refractivity contribution is 5.81. The maximum absolute atomic E-state index is 10.8. The second-order valence-corrected chi connectivity index (χ2v) is 3.55. The van der Waals surface area contributed by atoms with E-state index < -0.39 is 23.8 Å². The number of primary amides is 1. The Morgan fingerprint density at radius 2 is 1.88 bits per heavy atom. The molecule has 0 heterocycles. The molecule has 2 atom stereocenters.